The van der Waals surface area contributed by atoms with Crippen molar-refractivity contribution in [3.63, 3.8) is 0 Å². The molecule has 0 bridgehead atoms. The molecule has 2 aromatic rings. The Balaban J connectivity index is 1.60. The average molecular weight is 312 g/mol. The van der Waals surface area contributed by atoms with Crippen molar-refractivity contribution in [2.24, 2.45) is 0 Å². The van der Waals surface area contributed by atoms with Crippen LogP contribution in [0.15, 0.2) is 48.5 Å². The second-order valence-electron chi connectivity index (χ2n) is 6.02. The zero-order valence-electron chi connectivity index (χ0n) is 13.3. The average Bonchev–Trinajstić information content (AvgIpc) is 2.57. The molecule has 0 saturated carbocycles. The molecule has 0 aromatic heterocycles. The standard InChI is InChI=1S/C19H21FN2O/c1-22-13-12-17(16-4-2-3-5-18(16)22)21-19(23)11-8-14-6-9-15(20)10-7-14/h2-7,9-10,17H,8,11-13H2,1H3,(H,21,23). The van der Waals surface area contributed by atoms with Crippen molar-refractivity contribution in [2.75, 3.05) is 18.5 Å². The van der Waals surface area contributed by atoms with Crippen LogP contribution >= 0.6 is 0 Å². The first-order chi connectivity index (χ1) is 11.1. The zero-order chi connectivity index (χ0) is 16.2. The largest absolute Gasteiger partial charge is 0.374 e. The van der Waals surface area contributed by atoms with E-state index >= 15 is 0 Å². The van der Waals surface area contributed by atoms with Crippen molar-refractivity contribution in [3.05, 3.63) is 65.5 Å². The van der Waals surface area contributed by atoms with Gasteiger partial charge in [-0.05, 0) is 42.2 Å². The smallest absolute Gasteiger partial charge is 0.220 e. The molecule has 23 heavy (non-hydrogen) atoms. The summed E-state index contributed by atoms with van der Waals surface area (Å²) in [6.45, 7) is 0.930. The Kier molecular flexibility index (Phi) is 4.60. The van der Waals surface area contributed by atoms with Crippen molar-refractivity contribution >= 4 is 11.6 Å². The molecule has 1 aliphatic heterocycles. The van der Waals surface area contributed by atoms with E-state index in [1.165, 1.54) is 23.4 Å². The van der Waals surface area contributed by atoms with Crippen molar-refractivity contribution < 1.29 is 9.18 Å². The van der Waals surface area contributed by atoms with E-state index < -0.39 is 0 Å². The highest BCUT2D eigenvalue weighted by molar-refractivity contribution is 5.77. The van der Waals surface area contributed by atoms with Crippen molar-refractivity contribution in [3.8, 4) is 0 Å². The van der Waals surface area contributed by atoms with Gasteiger partial charge in [0.1, 0.15) is 5.82 Å². The molecule has 1 unspecified atom stereocenters. The molecule has 0 spiro atoms. The first kappa shape index (κ1) is 15.5. The first-order valence-electron chi connectivity index (χ1n) is 7.97. The number of halogens is 1. The third-order valence-electron chi connectivity index (χ3n) is 4.37. The lowest BCUT2D eigenvalue weighted by Gasteiger charge is -2.33. The maximum atomic E-state index is 12.9. The summed E-state index contributed by atoms with van der Waals surface area (Å²) < 4.78 is 12.9. The summed E-state index contributed by atoms with van der Waals surface area (Å²) in [6, 6.07) is 14.6. The molecule has 4 heteroatoms. The maximum Gasteiger partial charge on any atom is 0.220 e. The molecule has 120 valence electrons. The Labute approximate surface area is 136 Å². The number of benzene rings is 2. The summed E-state index contributed by atoms with van der Waals surface area (Å²) in [6.07, 6.45) is 1.95. The summed E-state index contributed by atoms with van der Waals surface area (Å²) in [5, 5.41) is 3.14. The predicted molar refractivity (Wildman–Crippen MR) is 89.9 cm³/mol. The summed E-state index contributed by atoms with van der Waals surface area (Å²) in [4.78, 5) is 14.5. The van der Waals surface area contributed by atoms with Crippen LogP contribution in [0.2, 0.25) is 0 Å². The van der Waals surface area contributed by atoms with Gasteiger partial charge in [0.15, 0.2) is 0 Å². The van der Waals surface area contributed by atoms with Crippen LogP contribution in [0, 0.1) is 5.82 Å². The molecule has 3 nitrogen and oxygen atoms in total. The van der Waals surface area contributed by atoms with Crippen LogP contribution in [-0.2, 0) is 11.2 Å². The number of anilines is 1. The van der Waals surface area contributed by atoms with E-state index in [1.54, 1.807) is 12.1 Å². The Morgan fingerprint density at radius 1 is 1.22 bits per heavy atom. The van der Waals surface area contributed by atoms with Crippen molar-refractivity contribution in [2.45, 2.75) is 25.3 Å². The molecule has 1 atom stereocenters. The fraction of sp³-hybridized carbons (Fsp3) is 0.316. The Morgan fingerprint density at radius 2 is 1.96 bits per heavy atom. The van der Waals surface area contributed by atoms with Gasteiger partial charge < -0.3 is 10.2 Å². The molecule has 0 radical (unpaired) electrons. The van der Waals surface area contributed by atoms with E-state index in [4.69, 9.17) is 0 Å². The van der Waals surface area contributed by atoms with Gasteiger partial charge in [0.25, 0.3) is 0 Å². The van der Waals surface area contributed by atoms with Gasteiger partial charge in [0, 0.05) is 25.7 Å². The number of nitrogens with one attached hydrogen (secondary N) is 1. The van der Waals surface area contributed by atoms with Crippen LogP contribution in [0.1, 0.15) is 30.0 Å². The molecule has 2 aromatic carbocycles. The van der Waals surface area contributed by atoms with E-state index in [9.17, 15) is 9.18 Å². The predicted octanol–water partition coefficient (Wildman–Crippen LogP) is 3.46. The van der Waals surface area contributed by atoms with Gasteiger partial charge in [-0.2, -0.15) is 0 Å². The topological polar surface area (TPSA) is 32.3 Å². The van der Waals surface area contributed by atoms with Crippen LogP contribution in [-0.4, -0.2) is 19.5 Å². The highest BCUT2D eigenvalue weighted by atomic mass is 19.1. The number of carbonyl (C=O) groups excluding carboxylic acids is 1. The molecule has 3 rings (SSSR count). The quantitative estimate of drug-likeness (QED) is 0.938. The van der Waals surface area contributed by atoms with Gasteiger partial charge in [-0.3, -0.25) is 4.79 Å². The van der Waals surface area contributed by atoms with Gasteiger partial charge in [-0.1, -0.05) is 30.3 Å². The number of carbonyl (C=O) groups is 1. The van der Waals surface area contributed by atoms with Gasteiger partial charge in [-0.25, -0.2) is 4.39 Å². The molecule has 0 saturated heterocycles. The van der Waals surface area contributed by atoms with Crippen LogP contribution in [0.25, 0.3) is 0 Å². The highest BCUT2D eigenvalue weighted by Gasteiger charge is 2.23. The Bertz CT molecular complexity index is 684. The third-order valence-corrected chi connectivity index (χ3v) is 4.37. The molecule has 1 N–H and O–H groups in total. The number of fused-ring (bicyclic) bond motifs is 1. The highest BCUT2D eigenvalue weighted by Crippen LogP contribution is 2.32. The third kappa shape index (κ3) is 3.70. The number of amides is 1. The molecule has 1 aliphatic rings. The van der Waals surface area contributed by atoms with Crippen LogP contribution < -0.4 is 10.2 Å². The lowest BCUT2D eigenvalue weighted by molar-refractivity contribution is -0.121. The van der Waals surface area contributed by atoms with E-state index in [0.29, 0.717) is 12.8 Å². The first-order valence-corrected chi connectivity index (χ1v) is 7.97. The van der Waals surface area contributed by atoms with Gasteiger partial charge in [0.05, 0.1) is 6.04 Å². The molecule has 0 aliphatic carbocycles. The van der Waals surface area contributed by atoms with Gasteiger partial charge in [-0.15, -0.1) is 0 Å². The second kappa shape index (κ2) is 6.82. The van der Waals surface area contributed by atoms with Crippen LogP contribution in [0.3, 0.4) is 0 Å². The maximum absolute atomic E-state index is 12.9. The number of hydrogen-bond donors (Lipinski definition) is 1. The Morgan fingerprint density at radius 3 is 2.74 bits per heavy atom. The number of rotatable bonds is 4. The molecule has 1 amide bonds. The summed E-state index contributed by atoms with van der Waals surface area (Å²) >= 11 is 0. The van der Waals surface area contributed by atoms with Crippen molar-refractivity contribution in [1.29, 1.82) is 0 Å². The monoisotopic (exact) mass is 312 g/mol. The SMILES string of the molecule is CN1CCC(NC(=O)CCc2ccc(F)cc2)c2ccccc21. The lowest BCUT2D eigenvalue weighted by Crippen LogP contribution is -2.36. The minimum atomic E-state index is -0.249. The van der Waals surface area contributed by atoms with Crippen LogP contribution in [0.4, 0.5) is 10.1 Å². The minimum absolute atomic E-state index is 0.0404. The molecule has 0 fully saturated rings. The fourth-order valence-electron chi connectivity index (χ4n) is 3.05. The zero-order valence-corrected chi connectivity index (χ0v) is 13.3. The van der Waals surface area contributed by atoms with E-state index in [-0.39, 0.29) is 17.8 Å². The summed E-state index contributed by atoms with van der Waals surface area (Å²) in [7, 11) is 2.07. The van der Waals surface area contributed by atoms with Gasteiger partial charge in [0.2, 0.25) is 5.91 Å². The van der Waals surface area contributed by atoms with E-state index in [0.717, 1.165) is 18.5 Å². The number of hydrogen-bond acceptors (Lipinski definition) is 2. The lowest BCUT2D eigenvalue weighted by atomic mass is 9.96. The van der Waals surface area contributed by atoms with Gasteiger partial charge >= 0.3 is 0 Å². The normalized spacial score (nSPS) is 16.8. The van der Waals surface area contributed by atoms with Crippen molar-refractivity contribution in [1.82, 2.24) is 5.32 Å². The second-order valence-corrected chi connectivity index (χ2v) is 6.02. The summed E-state index contributed by atoms with van der Waals surface area (Å²) in [5.74, 6) is -0.209. The number of nitrogens with zero attached hydrogens (tertiary/aromatic N) is 1. The summed E-state index contributed by atoms with van der Waals surface area (Å²) in [5.41, 5.74) is 3.34. The van der Waals surface area contributed by atoms with E-state index in [2.05, 4.69) is 29.4 Å². The number of aryl methyl sites for hydroxylation is 1. The molecular formula is C19H21FN2O. The van der Waals surface area contributed by atoms with Crippen LogP contribution in [0.5, 0.6) is 0 Å². The molecule has 1 heterocycles. The number of para-hydroxylation sites is 1. The Hall–Kier alpha value is -2.36. The minimum Gasteiger partial charge on any atom is -0.374 e. The molecular weight excluding hydrogens is 291 g/mol. The van der Waals surface area contributed by atoms with E-state index in [1.807, 2.05) is 12.1 Å². The fourth-order valence-corrected chi connectivity index (χ4v) is 3.05.